The monoisotopic (exact) mass is 289 g/mol. The highest BCUT2D eigenvalue weighted by atomic mass is 16.5. The number of rotatable bonds is 6. The molecule has 0 heterocycles. The number of hydrogen-bond acceptors (Lipinski definition) is 2. The third-order valence-corrected chi connectivity index (χ3v) is 4.78. The van der Waals surface area contributed by atoms with E-state index < -0.39 is 0 Å². The minimum Gasteiger partial charge on any atom is -0.383 e. The van der Waals surface area contributed by atoms with E-state index in [0.717, 1.165) is 30.9 Å². The van der Waals surface area contributed by atoms with Crippen LogP contribution in [-0.4, -0.2) is 19.3 Å². The highest BCUT2D eigenvalue weighted by molar-refractivity contribution is 5.44. The lowest BCUT2D eigenvalue weighted by atomic mass is 9.75. The van der Waals surface area contributed by atoms with E-state index >= 15 is 0 Å². The summed E-state index contributed by atoms with van der Waals surface area (Å²) in [5.74, 6) is 2.28. The van der Waals surface area contributed by atoms with Gasteiger partial charge in [-0.2, -0.15) is 0 Å². The molecule has 0 aliphatic heterocycles. The molecule has 1 aliphatic rings. The first-order valence-electron chi connectivity index (χ1n) is 8.48. The van der Waals surface area contributed by atoms with Gasteiger partial charge in [0.25, 0.3) is 0 Å². The first kappa shape index (κ1) is 16.4. The molecule has 1 saturated carbocycles. The fraction of sp³-hybridized carbons (Fsp3) is 0.684. The van der Waals surface area contributed by atoms with Crippen LogP contribution in [-0.2, 0) is 4.74 Å². The van der Waals surface area contributed by atoms with E-state index in [4.69, 9.17) is 4.74 Å². The van der Waals surface area contributed by atoms with Crippen molar-refractivity contribution in [2.75, 3.05) is 18.5 Å². The SMILES string of the molecule is Cc1ccc(NCCOC2CC(C)CCC2C(C)C)cc1. The molecule has 118 valence electrons. The van der Waals surface area contributed by atoms with Gasteiger partial charge < -0.3 is 10.1 Å². The van der Waals surface area contributed by atoms with Crippen LogP contribution in [0.1, 0.15) is 45.6 Å². The number of aryl methyl sites for hydroxylation is 1. The molecule has 2 rings (SSSR count). The molecule has 0 radical (unpaired) electrons. The van der Waals surface area contributed by atoms with Crippen LogP contribution in [0.5, 0.6) is 0 Å². The summed E-state index contributed by atoms with van der Waals surface area (Å²) < 4.78 is 6.21. The minimum atomic E-state index is 0.452. The zero-order valence-corrected chi connectivity index (χ0v) is 14.1. The Labute approximate surface area is 130 Å². The van der Waals surface area contributed by atoms with Crippen molar-refractivity contribution in [3.63, 3.8) is 0 Å². The molecule has 1 aromatic rings. The van der Waals surface area contributed by atoms with E-state index in [1.165, 1.54) is 30.5 Å². The molecule has 1 aliphatic carbocycles. The van der Waals surface area contributed by atoms with E-state index in [-0.39, 0.29) is 0 Å². The molecule has 0 bridgehead atoms. The van der Waals surface area contributed by atoms with E-state index in [2.05, 4.69) is 57.3 Å². The molecule has 2 heteroatoms. The van der Waals surface area contributed by atoms with Crippen molar-refractivity contribution in [3.8, 4) is 0 Å². The Bertz CT molecular complexity index is 412. The van der Waals surface area contributed by atoms with Gasteiger partial charge in [-0.05, 0) is 49.7 Å². The van der Waals surface area contributed by atoms with Crippen LogP contribution in [0.4, 0.5) is 5.69 Å². The Morgan fingerprint density at radius 1 is 1.19 bits per heavy atom. The second kappa shape index (κ2) is 7.84. The standard InChI is InChI=1S/C19H31NO/c1-14(2)18-10-7-16(4)13-19(18)21-12-11-20-17-8-5-15(3)6-9-17/h5-6,8-9,14,16,18-20H,7,10-13H2,1-4H3. The van der Waals surface area contributed by atoms with Crippen molar-refractivity contribution in [2.24, 2.45) is 17.8 Å². The van der Waals surface area contributed by atoms with Gasteiger partial charge in [-0.25, -0.2) is 0 Å². The molecule has 21 heavy (non-hydrogen) atoms. The Balaban J connectivity index is 1.74. The second-order valence-electron chi connectivity index (χ2n) is 7.03. The van der Waals surface area contributed by atoms with Crippen molar-refractivity contribution in [1.29, 1.82) is 0 Å². The highest BCUT2D eigenvalue weighted by Gasteiger charge is 2.31. The van der Waals surface area contributed by atoms with Gasteiger partial charge in [0.2, 0.25) is 0 Å². The van der Waals surface area contributed by atoms with Gasteiger partial charge in [-0.3, -0.25) is 0 Å². The van der Waals surface area contributed by atoms with Crippen LogP contribution in [0.25, 0.3) is 0 Å². The van der Waals surface area contributed by atoms with E-state index in [0.29, 0.717) is 6.10 Å². The number of ether oxygens (including phenoxy) is 1. The lowest BCUT2D eigenvalue weighted by Gasteiger charge is -2.37. The minimum absolute atomic E-state index is 0.452. The summed E-state index contributed by atoms with van der Waals surface area (Å²) in [6.07, 6.45) is 4.38. The van der Waals surface area contributed by atoms with Crippen molar-refractivity contribution < 1.29 is 4.74 Å². The summed E-state index contributed by atoms with van der Waals surface area (Å²) in [5, 5.41) is 3.44. The maximum Gasteiger partial charge on any atom is 0.0642 e. The fourth-order valence-corrected chi connectivity index (χ4v) is 3.38. The fourth-order valence-electron chi connectivity index (χ4n) is 3.38. The van der Waals surface area contributed by atoms with Gasteiger partial charge in [0.1, 0.15) is 0 Å². The molecule has 1 N–H and O–H groups in total. The smallest absolute Gasteiger partial charge is 0.0642 e. The Morgan fingerprint density at radius 3 is 2.57 bits per heavy atom. The summed E-state index contributed by atoms with van der Waals surface area (Å²) in [4.78, 5) is 0. The van der Waals surface area contributed by atoms with Crippen molar-refractivity contribution >= 4 is 5.69 Å². The predicted octanol–water partition coefficient (Wildman–Crippen LogP) is 4.88. The van der Waals surface area contributed by atoms with E-state index in [9.17, 15) is 0 Å². The molecule has 1 aromatic carbocycles. The topological polar surface area (TPSA) is 21.3 Å². The zero-order chi connectivity index (χ0) is 15.2. The average Bonchev–Trinajstić information content (AvgIpc) is 2.45. The molecule has 3 unspecified atom stereocenters. The summed E-state index contributed by atoms with van der Waals surface area (Å²) in [5.41, 5.74) is 2.48. The molecular weight excluding hydrogens is 258 g/mol. The molecule has 0 amide bonds. The lowest BCUT2D eigenvalue weighted by Crippen LogP contribution is -2.35. The number of hydrogen-bond donors (Lipinski definition) is 1. The van der Waals surface area contributed by atoms with E-state index in [1.807, 2.05) is 0 Å². The Kier molecular flexibility index (Phi) is 6.10. The van der Waals surface area contributed by atoms with Crippen LogP contribution in [0.2, 0.25) is 0 Å². The number of anilines is 1. The zero-order valence-electron chi connectivity index (χ0n) is 14.1. The Hall–Kier alpha value is -1.02. The average molecular weight is 289 g/mol. The predicted molar refractivity (Wildman–Crippen MR) is 90.8 cm³/mol. The van der Waals surface area contributed by atoms with Crippen molar-refractivity contribution in [2.45, 2.75) is 53.1 Å². The lowest BCUT2D eigenvalue weighted by molar-refractivity contribution is -0.0340. The second-order valence-corrected chi connectivity index (χ2v) is 7.03. The molecular formula is C19H31NO. The first-order chi connectivity index (χ1) is 10.1. The normalized spacial score (nSPS) is 26.0. The van der Waals surface area contributed by atoms with Crippen molar-refractivity contribution in [1.82, 2.24) is 0 Å². The highest BCUT2D eigenvalue weighted by Crippen LogP contribution is 2.35. The molecule has 0 saturated heterocycles. The summed E-state index contributed by atoms with van der Waals surface area (Å²) in [7, 11) is 0. The quantitative estimate of drug-likeness (QED) is 0.753. The van der Waals surface area contributed by atoms with Gasteiger partial charge >= 0.3 is 0 Å². The van der Waals surface area contributed by atoms with Crippen LogP contribution in [0.15, 0.2) is 24.3 Å². The molecule has 3 atom stereocenters. The molecule has 0 spiro atoms. The number of benzene rings is 1. The maximum atomic E-state index is 6.21. The van der Waals surface area contributed by atoms with Gasteiger partial charge in [-0.1, -0.05) is 44.9 Å². The third kappa shape index (κ3) is 5.03. The maximum absolute atomic E-state index is 6.21. The number of nitrogens with one attached hydrogen (secondary N) is 1. The summed E-state index contributed by atoms with van der Waals surface area (Å²) in [6.45, 7) is 10.8. The summed E-state index contributed by atoms with van der Waals surface area (Å²) >= 11 is 0. The largest absolute Gasteiger partial charge is 0.383 e. The van der Waals surface area contributed by atoms with Crippen LogP contribution in [0.3, 0.4) is 0 Å². The third-order valence-electron chi connectivity index (χ3n) is 4.78. The molecule has 2 nitrogen and oxygen atoms in total. The van der Waals surface area contributed by atoms with Gasteiger partial charge in [0.15, 0.2) is 0 Å². The van der Waals surface area contributed by atoms with Gasteiger partial charge in [0.05, 0.1) is 12.7 Å². The molecule has 0 aromatic heterocycles. The molecule has 1 fully saturated rings. The van der Waals surface area contributed by atoms with E-state index in [1.54, 1.807) is 0 Å². The summed E-state index contributed by atoms with van der Waals surface area (Å²) in [6, 6.07) is 8.55. The van der Waals surface area contributed by atoms with Crippen LogP contribution >= 0.6 is 0 Å². The van der Waals surface area contributed by atoms with Gasteiger partial charge in [-0.15, -0.1) is 0 Å². The van der Waals surface area contributed by atoms with Crippen LogP contribution in [0, 0.1) is 24.7 Å². The first-order valence-corrected chi connectivity index (χ1v) is 8.48. The van der Waals surface area contributed by atoms with Crippen molar-refractivity contribution in [3.05, 3.63) is 29.8 Å². The van der Waals surface area contributed by atoms with Gasteiger partial charge in [0, 0.05) is 12.2 Å². The Morgan fingerprint density at radius 2 is 1.90 bits per heavy atom. The van der Waals surface area contributed by atoms with Crippen LogP contribution < -0.4 is 5.32 Å².